The average Bonchev–Trinajstić information content (AvgIpc) is 3.01. The van der Waals surface area contributed by atoms with Gasteiger partial charge in [-0.1, -0.05) is 6.92 Å². The molecule has 1 aromatic heterocycles. The minimum atomic E-state index is -0.776. The van der Waals surface area contributed by atoms with Crippen LogP contribution >= 0.6 is 0 Å². The van der Waals surface area contributed by atoms with Crippen molar-refractivity contribution in [3.63, 3.8) is 0 Å². The third kappa shape index (κ3) is 3.16. The van der Waals surface area contributed by atoms with Crippen LogP contribution in [0.4, 0.5) is 5.69 Å². The van der Waals surface area contributed by atoms with Crippen LogP contribution in [0.2, 0.25) is 0 Å². The number of aryl methyl sites for hydroxylation is 1. The average molecular weight is 355 g/mol. The summed E-state index contributed by atoms with van der Waals surface area (Å²) in [5.41, 5.74) is 8.90. The van der Waals surface area contributed by atoms with Gasteiger partial charge in [0.2, 0.25) is 5.91 Å². The molecule has 3 rings (SSSR count). The zero-order valence-electron chi connectivity index (χ0n) is 15.5. The molecule has 0 saturated heterocycles. The van der Waals surface area contributed by atoms with Gasteiger partial charge in [-0.25, -0.2) is 0 Å². The number of primary amides is 1. The SMILES string of the molecule is CCCN(C)c1ccc(C(=O)N2CCc3c(cnn3C)C2C(N)=O)cc1. The lowest BCUT2D eigenvalue weighted by atomic mass is 9.97. The fourth-order valence-electron chi connectivity index (χ4n) is 3.55. The van der Waals surface area contributed by atoms with E-state index in [9.17, 15) is 9.59 Å². The van der Waals surface area contributed by atoms with Gasteiger partial charge < -0.3 is 15.5 Å². The van der Waals surface area contributed by atoms with Crippen molar-refractivity contribution in [3.8, 4) is 0 Å². The monoisotopic (exact) mass is 355 g/mol. The summed E-state index contributed by atoms with van der Waals surface area (Å²) in [7, 11) is 3.86. The largest absolute Gasteiger partial charge is 0.375 e. The van der Waals surface area contributed by atoms with Crippen molar-refractivity contribution in [1.29, 1.82) is 0 Å². The lowest BCUT2D eigenvalue weighted by Crippen LogP contribution is -2.45. The Hall–Kier alpha value is -2.83. The molecule has 7 nitrogen and oxygen atoms in total. The quantitative estimate of drug-likeness (QED) is 0.881. The summed E-state index contributed by atoms with van der Waals surface area (Å²) < 4.78 is 1.74. The summed E-state index contributed by atoms with van der Waals surface area (Å²) in [6, 6.07) is 6.70. The summed E-state index contributed by atoms with van der Waals surface area (Å²) in [5.74, 6) is -0.723. The predicted octanol–water partition coefficient (Wildman–Crippen LogP) is 1.49. The number of fused-ring (bicyclic) bond motifs is 1. The third-order valence-electron chi connectivity index (χ3n) is 4.93. The van der Waals surface area contributed by atoms with E-state index in [1.807, 2.05) is 26.2 Å². The molecule has 0 aliphatic carbocycles. The van der Waals surface area contributed by atoms with Crippen molar-refractivity contribution in [2.45, 2.75) is 25.8 Å². The van der Waals surface area contributed by atoms with E-state index < -0.39 is 11.9 Å². The second-order valence-electron chi connectivity index (χ2n) is 6.69. The van der Waals surface area contributed by atoms with Gasteiger partial charge in [0, 0.05) is 56.1 Å². The highest BCUT2D eigenvalue weighted by Crippen LogP contribution is 2.30. The number of amides is 2. The van der Waals surface area contributed by atoms with E-state index in [-0.39, 0.29) is 5.91 Å². The molecular formula is C19H25N5O2. The lowest BCUT2D eigenvalue weighted by Gasteiger charge is -2.34. The van der Waals surface area contributed by atoms with E-state index in [2.05, 4.69) is 16.9 Å². The van der Waals surface area contributed by atoms with Crippen LogP contribution in [0.15, 0.2) is 30.5 Å². The molecule has 2 amide bonds. The fourth-order valence-corrected chi connectivity index (χ4v) is 3.55. The summed E-state index contributed by atoms with van der Waals surface area (Å²) >= 11 is 0. The van der Waals surface area contributed by atoms with E-state index in [1.54, 1.807) is 27.9 Å². The number of nitrogens with two attached hydrogens (primary N) is 1. The molecule has 0 spiro atoms. The minimum absolute atomic E-state index is 0.187. The van der Waals surface area contributed by atoms with Crippen molar-refractivity contribution < 1.29 is 9.59 Å². The molecule has 0 saturated carbocycles. The summed E-state index contributed by atoms with van der Waals surface area (Å²) in [6.45, 7) is 3.52. The summed E-state index contributed by atoms with van der Waals surface area (Å²) in [6.07, 6.45) is 3.34. The van der Waals surface area contributed by atoms with Crippen LogP contribution in [-0.2, 0) is 18.3 Å². The molecule has 1 aliphatic rings. The maximum absolute atomic E-state index is 13.0. The van der Waals surface area contributed by atoms with Crippen molar-refractivity contribution >= 4 is 17.5 Å². The Kier molecular flexibility index (Phi) is 4.97. The van der Waals surface area contributed by atoms with Crippen molar-refractivity contribution in [1.82, 2.24) is 14.7 Å². The van der Waals surface area contributed by atoms with Crippen molar-refractivity contribution in [3.05, 3.63) is 47.3 Å². The van der Waals surface area contributed by atoms with Gasteiger partial charge >= 0.3 is 0 Å². The van der Waals surface area contributed by atoms with Crippen LogP contribution in [0.3, 0.4) is 0 Å². The Morgan fingerprint density at radius 2 is 2.00 bits per heavy atom. The van der Waals surface area contributed by atoms with Gasteiger partial charge in [-0.05, 0) is 30.7 Å². The maximum atomic E-state index is 13.0. The van der Waals surface area contributed by atoms with Gasteiger partial charge in [0.1, 0.15) is 6.04 Å². The van der Waals surface area contributed by atoms with E-state index in [4.69, 9.17) is 5.73 Å². The van der Waals surface area contributed by atoms with Gasteiger partial charge in [0.15, 0.2) is 0 Å². The molecule has 2 aromatic rings. The van der Waals surface area contributed by atoms with Crippen LogP contribution in [0.5, 0.6) is 0 Å². The molecule has 7 heteroatoms. The number of anilines is 1. The van der Waals surface area contributed by atoms with Crippen LogP contribution in [0.25, 0.3) is 0 Å². The lowest BCUT2D eigenvalue weighted by molar-refractivity contribution is -0.123. The number of nitrogens with zero attached hydrogens (tertiary/aromatic N) is 4. The van der Waals surface area contributed by atoms with Gasteiger partial charge in [-0.2, -0.15) is 5.10 Å². The first-order valence-corrected chi connectivity index (χ1v) is 8.86. The topological polar surface area (TPSA) is 84.5 Å². The fraction of sp³-hybridized carbons (Fsp3) is 0.421. The Morgan fingerprint density at radius 3 is 2.62 bits per heavy atom. The van der Waals surface area contributed by atoms with E-state index in [0.717, 1.165) is 29.9 Å². The molecule has 0 bridgehead atoms. The molecule has 1 aliphatic heterocycles. The Bertz CT molecular complexity index is 812. The first kappa shape index (κ1) is 18.0. The number of carbonyl (C=O) groups excluding carboxylic acids is 2. The number of benzene rings is 1. The minimum Gasteiger partial charge on any atom is -0.375 e. The standard InChI is InChI=1S/C19H25N5O2/c1-4-10-22(2)14-7-5-13(6-8-14)19(26)24-11-9-16-15(12-21-23(16)3)17(24)18(20)25/h5-8,12,17H,4,9-11H2,1-3H3,(H2,20,25). The van der Waals surface area contributed by atoms with Crippen LogP contribution in [0.1, 0.15) is 41.0 Å². The second kappa shape index (κ2) is 7.19. The van der Waals surface area contributed by atoms with Gasteiger partial charge in [-0.3, -0.25) is 14.3 Å². The van der Waals surface area contributed by atoms with E-state index in [1.165, 1.54) is 0 Å². The van der Waals surface area contributed by atoms with Crippen molar-refractivity contribution in [2.75, 3.05) is 25.0 Å². The Morgan fingerprint density at radius 1 is 1.31 bits per heavy atom. The molecule has 26 heavy (non-hydrogen) atoms. The van der Waals surface area contributed by atoms with E-state index >= 15 is 0 Å². The number of rotatable bonds is 5. The molecule has 1 unspecified atom stereocenters. The first-order chi connectivity index (χ1) is 12.4. The molecule has 0 radical (unpaired) electrons. The predicted molar refractivity (Wildman–Crippen MR) is 99.9 cm³/mol. The normalized spacial score (nSPS) is 16.3. The molecule has 0 fully saturated rings. The number of carbonyl (C=O) groups is 2. The second-order valence-corrected chi connectivity index (χ2v) is 6.69. The van der Waals surface area contributed by atoms with Crippen LogP contribution < -0.4 is 10.6 Å². The molecule has 2 heterocycles. The van der Waals surface area contributed by atoms with Gasteiger partial charge in [-0.15, -0.1) is 0 Å². The molecule has 1 atom stereocenters. The zero-order chi connectivity index (χ0) is 18.8. The highest BCUT2D eigenvalue weighted by atomic mass is 16.2. The van der Waals surface area contributed by atoms with Crippen LogP contribution in [0, 0.1) is 0 Å². The number of hydrogen-bond acceptors (Lipinski definition) is 4. The molecular weight excluding hydrogens is 330 g/mol. The molecule has 2 N–H and O–H groups in total. The van der Waals surface area contributed by atoms with Crippen LogP contribution in [-0.4, -0.2) is 46.6 Å². The Balaban J connectivity index is 1.86. The zero-order valence-corrected chi connectivity index (χ0v) is 15.5. The highest BCUT2D eigenvalue weighted by molar-refractivity contribution is 5.98. The third-order valence-corrected chi connectivity index (χ3v) is 4.93. The Labute approximate surface area is 153 Å². The maximum Gasteiger partial charge on any atom is 0.254 e. The van der Waals surface area contributed by atoms with Gasteiger partial charge in [0.25, 0.3) is 5.91 Å². The molecule has 138 valence electrons. The first-order valence-electron chi connectivity index (χ1n) is 8.86. The van der Waals surface area contributed by atoms with Gasteiger partial charge in [0.05, 0.1) is 6.20 Å². The highest BCUT2D eigenvalue weighted by Gasteiger charge is 2.36. The smallest absolute Gasteiger partial charge is 0.254 e. The van der Waals surface area contributed by atoms with E-state index in [0.29, 0.717) is 18.5 Å². The number of aromatic nitrogens is 2. The number of hydrogen-bond donors (Lipinski definition) is 1. The molecule has 1 aromatic carbocycles. The summed E-state index contributed by atoms with van der Waals surface area (Å²) in [5, 5.41) is 4.21. The summed E-state index contributed by atoms with van der Waals surface area (Å²) in [4.78, 5) is 28.8. The van der Waals surface area contributed by atoms with Crippen molar-refractivity contribution in [2.24, 2.45) is 12.8 Å².